The van der Waals surface area contributed by atoms with Crippen LogP contribution in [0.4, 0.5) is 0 Å². The molecule has 0 aromatic heterocycles. The minimum absolute atomic E-state index is 0.00213. The molecule has 3 amide bonds. The van der Waals surface area contributed by atoms with E-state index in [2.05, 4.69) is 10.6 Å². The Hall–Kier alpha value is -2.97. The highest BCUT2D eigenvalue weighted by atomic mass is 16.3. The average molecular weight is 483 g/mol. The number of aliphatic hydroxyl groups is 1. The summed E-state index contributed by atoms with van der Waals surface area (Å²) in [4.78, 5) is 41.0. The summed E-state index contributed by atoms with van der Waals surface area (Å²) in [6, 6.07) is 12.5. The van der Waals surface area contributed by atoms with Gasteiger partial charge < -0.3 is 26.4 Å². The lowest BCUT2D eigenvalue weighted by atomic mass is 10.00. The Morgan fingerprint density at radius 3 is 2.51 bits per heavy atom. The lowest BCUT2D eigenvalue weighted by Crippen LogP contribution is -2.55. The van der Waals surface area contributed by atoms with Crippen molar-refractivity contribution in [1.82, 2.24) is 15.5 Å². The zero-order valence-electron chi connectivity index (χ0n) is 20.7. The molecule has 1 aliphatic rings. The summed E-state index contributed by atoms with van der Waals surface area (Å²) >= 11 is 0. The number of likely N-dealkylation sites (tertiary alicyclic amines) is 1. The molecule has 190 valence electrons. The van der Waals surface area contributed by atoms with Crippen LogP contribution in [0.25, 0.3) is 10.8 Å². The number of hydrogen-bond acceptors (Lipinski definition) is 5. The maximum atomic E-state index is 13.3. The van der Waals surface area contributed by atoms with E-state index in [1.54, 1.807) is 4.90 Å². The quantitative estimate of drug-likeness (QED) is 0.388. The van der Waals surface area contributed by atoms with E-state index in [0.29, 0.717) is 13.0 Å². The van der Waals surface area contributed by atoms with Crippen LogP contribution in [0.2, 0.25) is 0 Å². The van der Waals surface area contributed by atoms with Crippen molar-refractivity contribution in [2.45, 2.75) is 64.1 Å². The number of carbonyl (C=O) groups excluding carboxylic acids is 3. The maximum Gasteiger partial charge on any atom is 0.243 e. The van der Waals surface area contributed by atoms with E-state index >= 15 is 0 Å². The van der Waals surface area contributed by atoms with Crippen LogP contribution in [0, 0.1) is 5.92 Å². The molecule has 2 aromatic rings. The maximum absolute atomic E-state index is 13.3. The first kappa shape index (κ1) is 26.6. The van der Waals surface area contributed by atoms with Gasteiger partial charge in [-0.2, -0.15) is 0 Å². The van der Waals surface area contributed by atoms with Gasteiger partial charge in [0.1, 0.15) is 12.1 Å². The molecule has 35 heavy (non-hydrogen) atoms. The van der Waals surface area contributed by atoms with Crippen LogP contribution in [0.15, 0.2) is 42.5 Å². The number of hydrogen-bond donors (Lipinski definition) is 4. The first-order valence-electron chi connectivity index (χ1n) is 12.6. The van der Waals surface area contributed by atoms with Gasteiger partial charge >= 0.3 is 0 Å². The lowest BCUT2D eigenvalue weighted by molar-refractivity contribution is -0.142. The van der Waals surface area contributed by atoms with Crippen LogP contribution in [0.5, 0.6) is 0 Å². The molecule has 0 bridgehead atoms. The van der Waals surface area contributed by atoms with E-state index in [0.717, 1.165) is 35.6 Å². The van der Waals surface area contributed by atoms with E-state index < -0.39 is 24.1 Å². The van der Waals surface area contributed by atoms with Gasteiger partial charge in [-0.1, -0.05) is 56.3 Å². The second-order valence-electron chi connectivity index (χ2n) is 9.28. The third-order valence-electron chi connectivity index (χ3n) is 6.84. The molecular weight excluding hydrogens is 444 g/mol. The SMILES string of the molecule is CCC(CC)C(=O)N1CCC[C@@H]1C(=O)N[C@H](Cc1ccc2ccccc2c1)C(=O)NCC(O)CN. The van der Waals surface area contributed by atoms with Gasteiger partial charge in [0.05, 0.1) is 6.10 Å². The molecule has 3 atom stereocenters. The molecule has 1 heterocycles. The lowest BCUT2D eigenvalue weighted by Gasteiger charge is -2.29. The molecule has 0 saturated carbocycles. The molecule has 3 rings (SSSR count). The van der Waals surface area contributed by atoms with Gasteiger partial charge in [-0.05, 0) is 42.0 Å². The van der Waals surface area contributed by atoms with Crippen LogP contribution < -0.4 is 16.4 Å². The van der Waals surface area contributed by atoms with Crippen molar-refractivity contribution in [2.24, 2.45) is 11.7 Å². The minimum atomic E-state index is -0.862. The number of nitrogens with two attached hydrogens (primary N) is 1. The second kappa shape index (κ2) is 12.7. The van der Waals surface area contributed by atoms with Gasteiger partial charge in [-0.25, -0.2) is 0 Å². The monoisotopic (exact) mass is 482 g/mol. The van der Waals surface area contributed by atoms with Crippen LogP contribution in [-0.4, -0.2) is 65.5 Å². The molecule has 0 spiro atoms. The Labute approximate surface area is 207 Å². The normalized spacial score (nSPS) is 17.4. The highest BCUT2D eigenvalue weighted by Crippen LogP contribution is 2.23. The number of fused-ring (bicyclic) bond motifs is 1. The number of benzene rings is 2. The van der Waals surface area contributed by atoms with Gasteiger partial charge in [0, 0.05) is 32.0 Å². The van der Waals surface area contributed by atoms with Crippen molar-refractivity contribution in [3.05, 3.63) is 48.0 Å². The van der Waals surface area contributed by atoms with Gasteiger partial charge in [0.2, 0.25) is 17.7 Å². The Balaban J connectivity index is 1.77. The van der Waals surface area contributed by atoms with E-state index in [4.69, 9.17) is 5.73 Å². The van der Waals surface area contributed by atoms with Crippen LogP contribution in [-0.2, 0) is 20.8 Å². The molecule has 0 radical (unpaired) electrons. The summed E-state index contributed by atoms with van der Waals surface area (Å²) in [5.74, 6) is -0.802. The smallest absolute Gasteiger partial charge is 0.243 e. The first-order chi connectivity index (χ1) is 16.9. The van der Waals surface area contributed by atoms with Gasteiger partial charge in [-0.3, -0.25) is 14.4 Å². The van der Waals surface area contributed by atoms with E-state index in [9.17, 15) is 19.5 Å². The third-order valence-corrected chi connectivity index (χ3v) is 6.84. The second-order valence-corrected chi connectivity index (χ2v) is 9.28. The van der Waals surface area contributed by atoms with Gasteiger partial charge in [-0.15, -0.1) is 0 Å². The van der Waals surface area contributed by atoms with Crippen molar-refractivity contribution in [1.29, 1.82) is 0 Å². The molecule has 1 fully saturated rings. The van der Waals surface area contributed by atoms with Crippen molar-refractivity contribution < 1.29 is 19.5 Å². The average Bonchev–Trinajstić information content (AvgIpc) is 3.37. The van der Waals surface area contributed by atoms with Crippen LogP contribution >= 0.6 is 0 Å². The van der Waals surface area contributed by atoms with Crippen molar-refractivity contribution in [3.8, 4) is 0 Å². The number of nitrogens with one attached hydrogen (secondary N) is 2. The van der Waals surface area contributed by atoms with E-state index in [-0.39, 0.29) is 37.2 Å². The predicted molar refractivity (Wildman–Crippen MR) is 136 cm³/mol. The fourth-order valence-corrected chi connectivity index (χ4v) is 4.68. The number of rotatable bonds is 11. The molecule has 8 heteroatoms. The Morgan fingerprint density at radius 2 is 1.83 bits per heavy atom. The zero-order valence-corrected chi connectivity index (χ0v) is 20.7. The largest absolute Gasteiger partial charge is 0.390 e. The molecule has 1 aliphatic heterocycles. The molecule has 0 aliphatic carbocycles. The van der Waals surface area contributed by atoms with Crippen molar-refractivity contribution in [3.63, 3.8) is 0 Å². The van der Waals surface area contributed by atoms with Crippen molar-refractivity contribution >= 4 is 28.5 Å². The topological polar surface area (TPSA) is 125 Å². The van der Waals surface area contributed by atoms with E-state index in [1.807, 2.05) is 56.3 Å². The molecule has 2 aromatic carbocycles. The zero-order chi connectivity index (χ0) is 25.4. The number of carbonyl (C=O) groups is 3. The van der Waals surface area contributed by atoms with Gasteiger partial charge in [0.15, 0.2) is 0 Å². The fraction of sp³-hybridized carbons (Fsp3) is 0.519. The number of aliphatic hydroxyl groups excluding tert-OH is 1. The standard InChI is InChI=1S/C27H38N4O4/c1-3-19(4-2)27(35)31-13-7-10-24(31)26(34)30-23(25(33)29-17-22(32)16-28)15-18-11-12-20-8-5-6-9-21(20)14-18/h5-6,8-9,11-12,14,19,22-24,32H,3-4,7,10,13,15-17,28H2,1-2H3,(H,29,33)(H,30,34)/t22?,23-,24-/m1/s1. The molecule has 1 saturated heterocycles. The highest BCUT2D eigenvalue weighted by Gasteiger charge is 2.37. The summed E-state index contributed by atoms with van der Waals surface area (Å²) < 4.78 is 0. The van der Waals surface area contributed by atoms with Crippen molar-refractivity contribution in [2.75, 3.05) is 19.6 Å². The molecule has 8 nitrogen and oxygen atoms in total. The first-order valence-corrected chi connectivity index (χ1v) is 12.6. The molecular formula is C27H38N4O4. The third kappa shape index (κ3) is 6.80. The molecule has 5 N–H and O–H groups in total. The summed E-state index contributed by atoms with van der Waals surface area (Å²) in [7, 11) is 0. The summed E-state index contributed by atoms with van der Waals surface area (Å²) in [6.45, 7) is 4.55. The Morgan fingerprint density at radius 1 is 1.11 bits per heavy atom. The van der Waals surface area contributed by atoms with Gasteiger partial charge in [0.25, 0.3) is 0 Å². The minimum Gasteiger partial charge on any atom is -0.390 e. The fourth-order valence-electron chi connectivity index (χ4n) is 4.68. The molecule has 1 unspecified atom stereocenters. The highest BCUT2D eigenvalue weighted by molar-refractivity contribution is 5.93. The summed E-state index contributed by atoms with van der Waals surface area (Å²) in [5.41, 5.74) is 6.36. The summed E-state index contributed by atoms with van der Waals surface area (Å²) in [6.07, 6.45) is 2.22. The van der Waals surface area contributed by atoms with E-state index in [1.165, 1.54) is 0 Å². The predicted octanol–water partition coefficient (Wildman–Crippen LogP) is 1.73. The number of nitrogens with zero attached hydrogens (tertiary/aromatic N) is 1. The van der Waals surface area contributed by atoms with Crippen LogP contribution in [0.1, 0.15) is 45.1 Å². The Bertz CT molecular complexity index is 1020. The summed E-state index contributed by atoms with van der Waals surface area (Å²) in [5, 5.41) is 17.5. The Kier molecular flexibility index (Phi) is 9.63. The van der Waals surface area contributed by atoms with Crippen LogP contribution in [0.3, 0.4) is 0 Å². The number of amides is 3.